The lowest BCUT2D eigenvalue weighted by atomic mass is 9.85. The number of hydrogen-bond donors (Lipinski definition) is 2. The zero-order valence-corrected chi connectivity index (χ0v) is 9.22. The SMILES string of the molecule is CC(C)(C)c1cn[nH]c1C1CCCN1. The number of H-pyrrole nitrogens is 1. The normalized spacial score (nSPS) is 22.9. The van der Waals surface area contributed by atoms with Gasteiger partial charge in [0.25, 0.3) is 0 Å². The summed E-state index contributed by atoms with van der Waals surface area (Å²) in [5.74, 6) is 0. The molecule has 0 bridgehead atoms. The predicted octanol–water partition coefficient (Wildman–Crippen LogP) is 2.13. The molecule has 0 saturated carbocycles. The number of rotatable bonds is 1. The van der Waals surface area contributed by atoms with Crippen LogP contribution in [0.1, 0.15) is 50.9 Å². The molecule has 3 heteroatoms. The lowest BCUT2D eigenvalue weighted by Gasteiger charge is -2.21. The second-order valence-electron chi connectivity index (χ2n) is 5.10. The number of nitrogens with one attached hydrogen (secondary N) is 2. The van der Waals surface area contributed by atoms with E-state index in [4.69, 9.17) is 0 Å². The third-order valence-corrected chi connectivity index (χ3v) is 2.89. The molecule has 1 unspecified atom stereocenters. The molecule has 0 aromatic carbocycles. The van der Waals surface area contributed by atoms with Gasteiger partial charge in [0.15, 0.2) is 0 Å². The minimum Gasteiger partial charge on any atom is -0.309 e. The van der Waals surface area contributed by atoms with Crippen molar-refractivity contribution in [2.24, 2.45) is 0 Å². The standard InChI is InChI=1S/C11H19N3/c1-11(2,3)8-7-13-14-10(8)9-5-4-6-12-9/h7,9,12H,4-6H2,1-3H3,(H,13,14). The molecule has 78 valence electrons. The lowest BCUT2D eigenvalue weighted by molar-refractivity contribution is 0.552. The number of aromatic nitrogens is 2. The van der Waals surface area contributed by atoms with Gasteiger partial charge in [-0.2, -0.15) is 5.10 Å². The Kier molecular flexibility index (Phi) is 2.35. The fraction of sp³-hybridized carbons (Fsp3) is 0.727. The highest BCUT2D eigenvalue weighted by atomic mass is 15.1. The van der Waals surface area contributed by atoms with Crippen LogP contribution in [0.4, 0.5) is 0 Å². The highest BCUT2D eigenvalue weighted by Crippen LogP contribution is 2.31. The Morgan fingerprint density at radius 3 is 2.79 bits per heavy atom. The summed E-state index contributed by atoms with van der Waals surface area (Å²) in [7, 11) is 0. The molecule has 1 fully saturated rings. The van der Waals surface area contributed by atoms with E-state index in [-0.39, 0.29) is 5.41 Å². The zero-order chi connectivity index (χ0) is 10.2. The summed E-state index contributed by atoms with van der Waals surface area (Å²) in [6.45, 7) is 7.83. The van der Waals surface area contributed by atoms with Crippen LogP contribution in [-0.2, 0) is 5.41 Å². The average Bonchev–Trinajstić information content (AvgIpc) is 2.73. The highest BCUT2D eigenvalue weighted by molar-refractivity contribution is 5.27. The predicted molar refractivity (Wildman–Crippen MR) is 57.3 cm³/mol. The minimum atomic E-state index is 0.187. The molecule has 2 heterocycles. The number of nitrogens with zero attached hydrogens (tertiary/aromatic N) is 1. The fourth-order valence-corrected chi connectivity index (χ4v) is 2.09. The number of aromatic amines is 1. The van der Waals surface area contributed by atoms with Crippen LogP contribution in [0.3, 0.4) is 0 Å². The lowest BCUT2D eigenvalue weighted by Crippen LogP contribution is -2.19. The average molecular weight is 193 g/mol. The zero-order valence-electron chi connectivity index (χ0n) is 9.22. The van der Waals surface area contributed by atoms with Crippen LogP contribution in [-0.4, -0.2) is 16.7 Å². The highest BCUT2D eigenvalue weighted by Gasteiger charge is 2.26. The second kappa shape index (κ2) is 3.39. The molecule has 2 rings (SSSR count). The van der Waals surface area contributed by atoms with E-state index in [2.05, 4.69) is 36.3 Å². The van der Waals surface area contributed by atoms with Crippen molar-refractivity contribution in [3.63, 3.8) is 0 Å². The first-order chi connectivity index (χ1) is 6.59. The first-order valence-electron chi connectivity index (χ1n) is 5.36. The smallest absolute Gasteiger partial charge is 0.0558 e. The Hall–Kier alpha value is -0.830. The van der Waals surface area contributed by atoms with Gasteiger partial charge in [-0.15, -0.1) is 0 Å². The van der Waals surface area contributed by atoms with Crippen LogP contribution in [0.5, 0.6) is 0 Å². The van der Waals surface area contributed by atoms with Crippen molar-refractivity contribution < 1.29 is 0 Å². The van der Waals surface area contributed by atoms with Crippen molar-refractivity contribution in [1.82, 2.24) is 15.5 Å². The van der Waals surface area contributed by atoms with Gasteiger partial charge < -0.3 is 5.32 Å². The quantitative estimate of drug-likeness (QED) is 0.717. The monoisotopic (exact) mass is 193 g/mol. The molecule has 0 spiro atoms. The summed E-state index contributed by atoms with van der Waals surface area (Å²) in [6.07, 6.45) is 4.47. The van der Waals surface area contributed by atoms with E-state index in [0.717, 1.165) is 6.54 Å². The van der Waals surface area contributed by atoms with E-state index in [1.54, 1.807) is 0 Å². The van der Waals surface area contributed by atoms with Crippen LogP contribution in [0.2, 0.25) is 0 Å². The summed E-state index contributed by atoms with van der Waals surface area (Å²) in [4.78, 5) is 0. The van der Waals surface area contributed by atoms with Crippen LogP contribution in [0, 0.1) is 0 Å². The van der Waals surface area contributed by atoms with E-state index in [0.29, 0.717) is 6.04 Å². The molecular weight excluding hydrogens is 174 g/mol. The molecule has 0 amide bonds. The van der Waals surface area contributed by atoms with Gasteiger partial charge in [-0.05, 0) is 30.4 Å². The van der Waals surface area contributed by atoms with Gasteiger partial charge in [0.05, 0.1) is 11.9 Å². The minimum absolute atomic E-state index is 0.187. The van der Waals surface area contributed by atoms with Crippen LogP contribution < -0.4 is 5.32 Å². The topological polar surface area (TPSA) is 40.7 Å². The molecule has 1 aromatic heterocycles. The second-order valence-corrected chi connectivity index (χ2v) is 5.10. The molecule has 1 aliphatic heterocycles. The summed E-state index contributed by atoms with van der Waals surface area (Å²) >= 11 is 0. The first-order valence-corrected chi connectivity index (χ1v) is 5.36. The Morgan fingerprint density at radius 1 is 1.43 bits per heavy atom. The molecule has 1 saturated heterocycles. The van der Waals surface area contributed by atoms with E-state index in [1.165, 1.54) is 24.1 Å². The molecular formula is C11H19N3. The summed E-state index contributed by atoms with van der Waals surface area (Å²) in [6, 6.07) is 0.492. The van der Waals surface area contributed by atoms with Crippen molar-refractivity contribution in [2.75, 3.05) is 6.54 Å². The fourth-order valence-electron chi connectivity index (χ4n) is 2.09. The molecule has 0 aliphatic carbocycles. The summed E-state index contributed by atoms with van der Waals surface area (Å²) in [5, 5.41) is 10.8. The van der Waals surface area contributed by atoms with E-state index < -0.39 is 0 Å². The number of hydrogen-bond acceptors (Lipinski definition) is 2. The molecule has 1 atom stereocenters. The molecule has 0 radical (unpaired) electrons. The largest absolute Gasteiger partial charge is 0.309 e. The third kappa shape index (κ3) is 1.69. The van der Waals surface area contributed by atoms with Crippen molar-refractivity contribution in [3.05, 3.63) is 17.5 Å². The maximum Gasteiger partial charge on any atom is 0.0558 e. The van der Waals surface area contributed by atoms with Crippen molar-refractivity contribution in [2.45, 2.75) is 45.1 Å². The maximum absolute atomic E-state index is 4.17. The van der Waals surface area contributed by atoms with Crippen molar-refractivity contribution in [3.8, 4) is 0 Å². The Morgan fingerprint density at radius 2 is 2.21 bits per heavy atom. The molecule has 3 nitrogen and oxygen atoms in total. The summed E-state index contributed by atoms with van der Waals surface area (Å²) < 4.78 is 0. The summed E-state index contributed by atoms with van der Waals surface area (Å²) in [5.41, 5.74) is 2.82. The van der Waals surface area contributed by atoms with Gasteiger partial charge in [-0.3, -0.25) is 5.10 Å². The molecule has 2 N–H and O–H groups in total. The van der Waals surface area contributed by atoms with E-state index in [9.17, 15) is 0 Å². The van der Waals surface area contributed by atoms with Crippen LogP contribution in [0.15, 0.2) is 6.20 Å². The van der Waals surface area contributed by atoms with E-state index in [1.807, 2.05) is 6.20 Å². The van der Waals surface area contributed by atoms with Gasteiger partial charge in [0.2, 0.25) is 0 Å². The third-order valence-electron chi connectivity index (χ3n) is 2.89. The first kappa shape index (κ1) is 9.71. The van der Waals surface area contributed by atoms with Gasteiger partial charge in [0.1, 0.15) is 0 Å². The molecule has 1 aromatic rings. The van der Waals surface area contributed by atoms with Crippen LogP contribution in [0.25, 0.3) is 0 Å². The Bertz CT molecular complexity index is 303. The molecule has 14 heavy (non-hydrogen) atoms. The van der Waals surface area contributed by atoms with Gasteiger partial charge in [-0.25, -0.2) is 0 Å². The van der Waals surface area contributed by atoms with Gasteiger partial charge in [0, 0.05) is 6.04 Å². The molecule has 1 aliphatic rings. The van der Waals surface area contributed by atoms with Crippen molar-refractivity contribution in [1.29, 1.82) is 0 Å². The maximum atomic E-state index is 4.17. The van der Waals surface area contributed by atoms with Gasteiger partial charge >= 0.3 is 0 Å². The van der Waals surface area contributed by atoms with E-state index >= 15 is 0 Å². The Balaban J connectivity index is 2.29. The van der Waals surface area contributed by atoms with Crippen molar-refractivity contribution >= 4 is 0 Å². The Labute approximate surface area is 85.3 Å². The van der Waals surface area contributed by atoms with Gasteiger partial charge in [-0.1, -0.05) is 20.8 Å². The van der Waals surface area contributed by atoms with Crippen LogP contribution >= 0.6 is 0 Å².